The second-order valence-electron chi connectivity index (χ2n) is 8.41. The number of benzene rings is 1. The van der Waals surface area contributed by atoms with E-state index in [1.807, 2.05) is 30.3 Å². The quantitative estimate of drug-likeness (QED) is 0.579. The fourth-order valence-corrected chi connectivity index (χ4v) is 5.19. The zero-order chi connectivity index (χ0) is 21.4. The number of nitrogens with one attached hydrogen (secondary N) is 2. The van der Waals surface area contributed by atoms with Crippen LogP contribution in [0.4, 0.5) is 10.6 Å². The lowest BCUT2D eigenvalue weighted by atomic mass is 9.63. The van der Waals surface area contributed by atoms with Crippen molar-refractivity contribution in [1.29, 1.82) is 0 Å². The molecule has 31 heavy (non-hydrogen) atoms. The third-order valence-electron chi connectivity index (χ3n) is 6.58. The number of urea groups is 1. The van der Waals surface area contributed by atoms with Gasteiger partial charge in [0.15, 0.2) is 0 Å². The fourth-order valence-electron chi connectivity index (χ4n) is 5.19. The second kappa shape index (κ2) is 7.98. The lowest BCUT2D eigenvalue weighted by Gasteiger charge is -2.38. The first kappa shape index (κ1) is 19.5. The van der Waals surface area contributed by atoms with Gasteiger partial charge in [0.2, 0.25) is 11.8 Å². The molecular formula is C24H24N4O3. The highest BCUT2D eigenvalue weighted by Gasteiger charge is 2.58. The van der Waals surface area contributed by atoms with E-state index in [9.17, 15) is 14.4 Å². The van der Waals surface area contributed by atoms with Crippen molar-refractivity contribution < 1.29 is 14.4 Å². The summed E-state index contributed by atoms with van der Waals surface area (Å²) >= 11 is 0. The largest absolute Gasteiger partial charge is 0.322 e. The lowest BCUT2D eigenvalue weighted by molar-refractivity contribution is -0.143. The number of pyridine rings is 1. The topological polar surface area (TPSA) is 91.4 Å². The molecule has 1 saturated heterocycles. The molecular weight excluding hydrogens is 392 g/mol. The Labute approximate surface area is 180 Å². The van der Waals surface area contributed by atoms with Gasteiger partial charge >= 0.3 is 6.03 Å². The molecule has 0 radical (unpaired) electrons. The highest BCUT2D eigenvalue weighted by Crippen LogP contribution is 2.49. The molecule has 5 atom stereocenters. The molecule has 2 bridgehead atoms. The van der Waals surface area contributed by atoms with Crippen molar-refractivity contribution in [2.45, 2.75) is 25.4 Å². The molecule has 2 fully saturated rings. The van der Waals surface area contributed by atoms with E-state index in [2.05, 4.69) is 27.8 Å². The number of allylic oxidation sites excluding steroid dienone is 2. The van der Waals surface area contributed by atoms with E-state index in [-0.39, 0.29) is 35.5 Å². The standard InChI is InChI=1S/C24H24N4O3/c29-22-20-16-9-10-17(12-11-16)21(20)23(30)28(22)19(14-15-6-2-1-3-7-15)27-24(31)26-18-8-4-5-13-25-18/h1-10,13,16-17,19-21H,11-12,14H2,(H2,25,26,27,31)/t16-,17-,19-,20+,21+/m0/s1. The number of amides is 4. The predicted octanol–water partition coefficient (Wildman–Crippen LogP) is 2.97. The molecule has 2 N–H and O–H groups in total. The third kappa shape index (κ3) is 3.60. The van der Waals surface area contributed by atoms with Crippen LogP contribution in [0.1, 0.15) is 18.4 Å². The number of nitrogens with zero attached hydrogens (tertiary/aromatic N) is 2. The van der Waals surface area contributed by atoms with E-state index in [1.165, 1.54) is 4.90 Å². The predicted molar refractivity (Wildman–Crippen MR) is 115 cm³/mol. The Kier molecular flexibility index (Phi) is 5.02. The first-order valence-corrected chi connectivity index (χ1v) is 10.7. The third-order valence-corrected chi connectivity index (χ3v) is 6.58. The van der Waals surface area contributed by atoms with Gasteiger partial charge in [-0.15, -0.1) is 0 Å². The molecule has 4 amide bonds. The van der Waals surface area contributed by atoms with Crippen molar-refractivity contribution in [3.8, 4) is 0 Å². The summed E-state index contributed by atoms with van der Waals surface area (Å²) in [4.78, 5) is 44.9. The number of likely N-dealkylation sites (tertiary alicyclic amines) is 1. The number of carbonyl (C=O) groups excluding carboxylic acids is 3. The van der Waals surface area contributed by atoms with Gasteiger partial charge < -0.3 is 5.32 Å². The Hall–Kier alpha value is -3.48. The molecule has 0 spiro atoms. The van der Waals surface area contributed by atoms with Crippen LogP contribution in [0.25, 0.3) is 0 Å². The van der Waals surface area contributed by atoms with Crippen LogP contribution in [0.2, 0.25) is 0 Å². The normalized spacial score (nSPS) is 27.2. The van der Waals surface area contributed by atoms with Crippen LogP contribution >= 0.6 is 0 Å². The first-order chi connectivity index (χ1) is 15.1. The van der Waals surface area contributed by atoms with Gasteiger partial charge in [-0.1, -0.05) is 48.6 Å². The summed E-state index contributed by atoms with van der Waals surface area (Å²) in [5.74, 6) is -0.354. The summed E-state index contributed by atoms with van der Waals surface area (Å²) in [7, 11) is 0. The van der Waals surface area contributed by atoms with Gasteiger partial charge in [-0.3, -0.25) is 19.8 Å². The van der Waals surface area contributed by atoms with Gasteiger partial charge in [-0.05, 0) is 42.4 Å². The summed E-state index contributed by atoms with van der Waals surface area (Å²) < 4.78 is 0. The van der Waals surface area contributed by atoms with Crippen molar-refractivity contribution in [3.05, 3.63) is 72.4 Å². The zero-order valence-corrected chi connectivity index (χ0v) is 17.0. The number of carbonyl (C=O) groups is 3. The summed E-state index contributed by atoms with van der Waals surface area (Å²) in [6.45, 7) is 0. The summed E-state index contributed by atoms with van der Waals surface area (Å²) in [5, 5.41) is 5.53. The lowest BCUT2D eigenvalue weighted by Crippen LogP contribution is -2.53. The second-order valence-corrected chi connectivity index (χ2v) is 8.41. The molecule has 7 heteroatoms. The summed E-state index contributed by atoms with van der Waals surface area (Å²) in [6.07, 6.45) is 7.22. The fraction of sp³-hybridized carbons (Fsp3) is 0.333. The van der Waals surface area contributed by atoms with Crippen LogP contribution in [0.3, 0.4) is 0 Å². The molecule has 1 saturated carbocycles. The molecule has 4 aliphatic rings. The maximum Gasteiger partial charge on any atom is 0.322 e. The smallest absolute Gasteiger partial charge is 0.317 e. The Bertz CT molecular complexity index is 992. The molecule has 2 aromatic rings. The minimum absolute atomic E-state index is 0.108. The maximum absolute atomic E-state index is 13.4. The molecule has 6 rings (SSSR count). The van der Waals surface area contributed by atoms with Gasteiger partial charge in [0, 0.05) is 12.6 Å². The van der Waals surface area contributed by atoms with E-state index in [0.717, 1.165) is 18.4 Å². The Morgan fingerprint density at radius 2 is 1.61 bits per heavy atom. The minimum atomic E-state index is -0.767. The number of hydrogen-bond acceptors (Lipinski definition) is 4. The molecule has 7 nitrogen and oxygen atoms in total. The number of rotatable bonds is 5. The monoisotopic (exact) mass is 416 g/mol. The Morgan fingerprint density at radius 1 is 0.968 bits per heavy atom. The van der Waals surface area contributed by atoms with Crippen molar-refractivity contribution in [3.63, 3.8) is 0 Å². The average molecular weight is 416 g/mol. The van der Waals surface area contributed by atoms with Crippen molar-refractivity contribution in [2.75, 3.05) is 5.32 Å². The summed E-state index contributed by atoms with van der Waals surface area (Å²) in [6, 6.07) is 14.3. The first-order valence-electron chi connectivity index (χ1n) is 10.7. The van der Waals surface area contributed by atoms with E-state index in [0.29, 0.717) is 12.2 Å². The van der Waals surface area contributed by atoms with Crippen LogP contribution in [-0.2, 0) is 16.0 Å². The molecule has 1 aliphatic heterocycles. The number of aromatic nitrogens is 1. The van der Waals surface area contributed by atoms with Gasteiger partial charge in [0.05, 0.1) is 11.8 Å². The van der Waals surface area contributed by atoms with Gasteiger partial charge in [-0.25, -0.2) is 9.78 Å². The number of anilines is 1. The van der Waals surface area contributed by atoms with Gasteiger partial charge in [0.1, 0.15) is 12.0 Å². The van der Waals surface area contributed by atoms with Crippen molar-refractivity contribution in [1.82, 2.24) is 15.2 Å². The molecule has 1 aromatic heterocycles. The Morgan fingerprint density at radius 3 is 2.19 bits per heavy atom. The highest BCUT2D eigenvalue weighted by molar-refractivity contribution is 6.06. The van der Waals surface area contributed by atoms with E-state index in [1.54, 1.807) is 24.4 Å². The van der Waals surface area contributed by atoms with Gasteiger partial charge in [0.25, 0.3) is 0 Å². The highest BCUT2D eigenvalue weighted by atomic mass is 16.2. The number of imide groups is 1. The van der Waals surface area contributed by atoms with Crippen LogP contribution < -0.4 is 10.6 Å². The van der Waals surface area contributed by atoms with Gasteiger partial charge in [-0.2, -0.15) is 0 Å². The van der Waals surface area contributed by atoms with Crippen LogP contribution in [0.5, 0.6) is 0 Å². The van der Waals surface area contributed by atoms with E-state index >= 15 is 0 Å². The van der Waals surface area contributed by atoms with Crippen LogP contribution in [0, 0.1) is 23.7 Å². The van der Waals surface area contributed by atoms with Crippen LogP contribution in [-0.4, -0.2) is 33.9 Å². The van der Waals surface area contributed by atoms with Crippen LogP contribution in [0.15, 0.2) is 66.9 Å². The SMILES string of the molecule is O=C(Nc1ccccn1)N[C@H](Cc1ccccc1)N1C(=O)[C@H]2[C@H](C1=O)[C@H]1C=C[C@H]2CC1. The van der Waals surface area contributed by atoms with E-state index in [4.69, 9.17) is 0 Å². The van der Waals surface area contributed by atoms with Crippen molar-refractivity contribution >= 4 is 23.7 Å². The molecule has 0 unspecified atom stereocenters. The average Bonchev–Trinajstić information content (AvgIpc) is 3.08. The zero-order valence-electron chi connectivity index (χ0n) is 17.0. The number of hydrogen-bond donors (Lipinski definition) is 2. The number of fused-ring (bicyclic) bond motifs is 1. The molecule has 158 valence electrons. The van der Waals surface area contributed by atoms with Crippen molar-refractivity contribution in [2.24, 2.45) is 23.7 Å². The Balaban J connectivity index is 1.41. The molecule has 3 aliphatic carbocycles. The maximum atomic E-state index is 13.4. The molecule has 2 heterocycles. The summed E-state index contributed by atoms with van der Waals surface area (Å²) in [5.41, 5.74) is 0.933. The minimum Gasteiger partial charge on any atom is -0.317 e. The molecule has 1 aromatic carbocycles. The van der Waals surface area contributed by atoms with E-state index < -0.39 is 12.2 Å².